The van der Waals surface area contributed by atoms with E-state index in [1.807, 2.05) is 60.7 Å². The minimum Gasteiger partial charge on any atom is -0.387 e. The number of aliphatic hydroxyl groups excluding tert-OH is 2. The maximum absolute atomic E-state index is 10.8. The second-order valence-electron chi connectivity index (χ2n) is 12.4. The summed E-state index contributed by atoms with van der Waals surface area (Å²) in [4.78, 5) is 2.32. The lowest BCUT2D eigenvalue weighted by Crippen LogP contribution is -2.40. The molecule has 43 heavy (non-hydrogen) atoms. The Kier molecular flexibility index (Phi) is 23.2. The Hall–Kier alpha value is -1.76. The van der Waals surface area contributed by atoms with Crippen LogP contribution in [0.25, 0.3) is 0 Å². The van der Waals surface area contributed by atoms with Crippen LogP contribution in [0.15, 0.2) is 60.7 Å². The molecule has 5 heteroatoms. The van der Waals surface area contributed by atoms with Gasteiger partial charge in [0.15, 0.2) is 0 Å². The van der Waals surface area contributed by atoms with Crippen molar-refractivity contribution >= 4 is 0 Å². The minimum absolute atomic E-state index is 0.503. The van der Waals surface area contributed by atoms with Crippen LogP contribution in [0.2, 0.25) is 0 Å². The van der Waals surface area contributed by atoms with E-state index in [4.69, 9.17) is 0 Å². The number of unbranched alkanes of at least 4 members (excludes halogenated alkanes) is 15. The third-order valence-electron chi connectivity index (χ3n) is 8.55. The van der Waals surface area contributed by atoms with Crippen molar-refractivity contribution in [1.29, 1.82) is 0 Å². The van der Waals surface area contributed by atoms with Crippen LogP contribution < -0.4 is 10.6 Å². The fourth-order valence-electron chi connectivity index (χ4n) is 5.75. The first-order chi connectivity index (χ1) is 21.2. The molecule has 5 nitrogen and oxygen atoms in total. The molecule has 0 fully saturated rings. The number of nitrogens with one attached hydrogen (secondary N) is 2. The summed E-state index contributed by atoms with van der Waals surface area (Å²) in [5, 5.41) is 28.3. The van der Waals surface area contributed by atoms with Gasteiger partial charge < -0.3 is 20.8 Å². The van der Waals surface area contributed by atoms with Crippen LogP contribution >= 0.6 is 0 Å². The molecule has 0 aromatic heterocycles. The SMILES string of the molecule is CCCCCCCCCCCCCCCCCCNCCN(CCNCC(O)c1ccccc1)CC(O)c1ccccc1. The third kappa shape index (κ3) is 20.0. The lowest BCUT2D eigenvalue weighted by atomic mass is 10.0. The van der Waals surface area contributed by atoms with Gasteiger partial charge in [-0.1, -0.05) is 164 Å². The van der Waals surface area contributed by atoms with E-state index in [2.05, 4.69) is 22.5 Å². The van der Waals surface area contributed by atoms with E-state index in [0.29, 0.717) is 13.1 Å². The van der Waals surface area contributed by atoms with Gasteiger partial charge in [-0.05, 0) is 24.1 Å². The van der Waals surface area contributed by atoms with Crippen molar-refractivity contribution in [3.63, 3.8) is 0 Å². The van der Waals surface area contributed by atoms with Crippen LogP contribution in [0, 0.1) is 0 Å². The number of nitrogens with zero attached hydrogens (tertiary/aromatic N) is 1. The summed E-state index contributed by atoms with van der Waals surface area (Å²) in [6.07, 6.45) is 21.4. The van der Waals surface area contributed by atoms with Crippen LogP contribution in [-0.4, -0.2) is 60.9 Å². The molecule has 0 radical (unpaired) electrons. The van der Waals surface area contributed by atoms with Crippen molar-refractivity contribution in [3.05, 3.63) is 71.8 Å². The number of aliphatic hydroxyl groups is 2. The molecule has 0 amide bonds. The van der Waals surface area contributed by atoms with Gasteiger partial charge in [-0.15, -0.1) is 0 Å². The lowest BCUT2D eigenvalue weighted by Gasteiger charge is -2.26. The molecule has 2 aromatic carbocycles. The van der Waals surface area contributed by atoms with Crippen LogP contribution in [0.4, 0.5) is 0 Å². The zero-order valence-electron chi connectivity index (χ0n) is 27.5. The van der Waals surface area contributed by atoms with Gasteiger partial charge in [0, 0.05) is 39.3 Å². The topological polar surface area (TPSA) is 67.8 Å². The molecule has 0 aliphatic carbocycles. The fraction of sp³-hybridized carbons (Fsp3) is 0.684. The molecule has 0 spiro atoms. The minimum atomic E-state index is -0.508. The Labute approximate surface area is 264 Å². The van der Waals surface area contributed by atoms with E-state index in [1.165, 1.54) is 103 Å². The number of hydrogen-bond donors (Lipinski definition) is 4. The summed E-state index contributed by atoms with van der Waals surface area (Å²) in [5.41, 5.74) is 1.89. The summed E-state index contributed by atoms with van der Waals surface area (Å²) in [6.45, 7) is 7.90. The van der Waals surface area contributed by atoms with E-state index in [0.717, 1.165) is 43.9 Å². The lowest BCUT2D eigenvalue weighted by molar-refractivity contribution is 0.112. The smallest absolute Gasteiger partial charge is 0.0916 e. The molecule has 0 aliphatic rings. The first kappa shape index (κ1) is 37.4. The maximum Gasteiger partial charge on any atom is 0.0916 e. The van der Waals surface area contributed by atoms with Gasteiger partial charge in [0.25, 0.3) is 0 Å². The monoisotopic (exact) mass is 596 g/mol. The Morgan fingerprint density at radius 3 is 1.42 bits per heavy atom. The van der Waals surface area contributed by atoms with E-state index >= 15 is 0 Å². The van der Waals surface area contributed by atoms with E-state index in [1.54, 1.807) is 0 Å². The molecule has 4 N–H and O–H groups in total. The van der Waals surface area contributed by atoms with Crippen molar-refractivity contribution < 1.29 is 10.2 Å². The Balaban J connectivity index is 1.49. The highest BCUT2D eigenvalue weighted by molar-refractivity contribution is 5.18. The van der Waals surface area contributed by atoms with Crippen molar-refractivity contribution in [3.8, 4) is 0 Å². The second kappa shape index (κ2) is 26.6. The van der Waals surface area contributed by atoms with Gasteiger partial charge in [-0.3, -0.25) is 4.90 Å². The standard InChI is InChI=1S/C38H65N3O2/c1-2-3-4-5-6-7-8-9-10-11-12-13-14-15-16-23-28-39-29-31-41(34-38(43)36-26-21-18-22-27-36)32-30-40-33-37(42)35-24-19-17-20-25-35/h17-22,24-27,37-40,42-43H,2-16,23,28-34H2,1H3. The third-order valence-corrected chi connectivity index (χ3v) is 8.55. The molecule has 2 atom stereocenters. The normalized spacial score (nSPS) is 13.0. The number of hydrogen-bond acceptors (Lipinski definition) is 5. The van der Waals surface area contributed by atoms with E-state index < -0.39 is 12.2 Å². The van der Waals surface area contributed by atoms with Crippen LogP contribution in [0.5, 0.6) is 0 Å². The highest BCUT2D eigenvalue weighted by Crippen LogP contribution is 2.15. The highest BCUT2D eigenvalue weighted by Gasteiger charge is 2.14. The van der Waals surface area contributed by atoms with Crippen LogP contribution in [-0.2, 0) is 0 Å². The predicted molar refractivity (Wildman–Crippen MR) is 185 cm³/mol. The largest absolute Gasteiger partial charge is 0.387 e. The second-order valence-corrected chi connectivity index (χ2v) is 12.4. The average molecular weight is 596 g/mol. The van der Waals surface area contributed by atoms with Gasteiger partial charge in [-0.25, -0.2) is 0 Å². The first-order valence-electron chi connectivity index (χ1n) is 17.8. The van der Waals surface area contributed by atoms with Crippen LogP contribution in [0.1, 0.15) is 133 Å². The molecule has 244 valence electrons. The van der Waals surface area contributed by atoms with Gasteiger partial charge in [0.2, 0.25) is 0 Å². The summed E-state index contributed by atoms with van der Waals surface area (Å²) in [7, 11) is 0. The van der Waals surface area contributed by atoms with E-state index in [-0.39, 0.29) is 0 Å². The molecule has 2 aromatic rings. The molecular weight excluding hydrogens is 530 g/mol. The van der Waals surface area contributed by atoms with Crippen molar-refractivity contribution in [1.82, 2.24) is 15.5 Å². The summed E-state index contributed by atoms with van der Waals surface area (Å²) in [5.74, 6) is 0. The fourth-order valence-corrected chi connectivity index (χ4v) is 5.75. The van der Waals surface area contributed by atoms with Crippen molar-refractivity contribution in [2.45, 2.75) is 122 Å². The molecule has 0 aliphatic heterocycles. The van der Waals surface area contributed by atoms with E-state index in [9.17, 15) is 10.2 Å². The molecule has 0 saturated carbocycles. The number of rotatable bonds is 29. The predicted octanol–water partition coefficient (Wildman–Crippen LogP) is 8.20. The Morgan fingerprint density at radius 2 is 0.930 bits per heavy atom. The summed E-state index contributed by atoms with van der Waals surface area (Å²) >= 11 is 0. The van der Waals surface area contributed by atoms with Crippen molar-refractivity contribution in [2.24, 2.45) is 0 Å². The molecule has 2 rings (SSSR count). The van der Waals surface area contributed by atoms with Crippen molar-refractivity contribution in [2.75, 3.05) is 45.8 Å². The maximum atomic E-state index is 10.8. The highest BCUT2D eigenvalue weighted by atomic mass is 16.3. The van der Waals surface area contributed by atoms with Gasteiger partial charge in [0.05, 0.1) is 12.2 Å². The molecule has 2 unspecified atom stereocenters. The summed E-state index contributed by atoms with van der Waals surface area (Å²) in [6, 6.07) is 19.7. The van der Waals surface area contributed by atoms with Gasteiger partial charge in [0.1, 0.15) is 0 Å². The average Bonchev–Trinajstić information content (AvgIpc) is 3.04. The van der Waals surface area contributed by atoms with Gasteiger partial charge >= 0.3 is 0 Å². The first-order valence-corrected chi connectivity index (χ1v) is 17.8. The zero-order chi connectivity index (χ0) is 30.6. The van der Waals surface area contributed by atoms with Gasteiger partial charge in [-0.2, -0.15) is 0 Å². The zero-order valence-corrected chi connectivity index (χ0v) is 27.5. The number of benzene rings is 2. The Bertz CT molecular complexity index is 851. The van der Waals surface area contributed by atoms with Crippen LogP contribution in [0.3, 0.4) is 0 Å². The molecule has 0 bridgehead atoms. The Morgan fingerprint density at radius 1 is 0.512 bits per heavy atom. The molecular formula is C38H65N3O2. The quantitative estimate of drug-likeness (QED) is 0.0714. The molecule has 0 heterocycles. The molecule has 0 saturated heterocycles. The summed E-state index contributed by atoms with van der Waals surface area (Å²) < 4.78 is 0.